The number of phenolic OH excluding ortho intramolecular Hbond substituents is 1. The number of hydrogen-bond donors (Lipinski definition) is 4. The molecule has 2 aliphatic carbocycles. The van der Waals surface area contributed by atoms with Gasteiger partial charge in [-0.3, -0.25) is 14.4 Å². The number of rotatable bonds is 6. The summed E-state index contributed by atoms with van der Waals surface area (Å²) < 4.78 is 12.6. The summed E-state index contributed by atoms with van der Waals surface area (Å²) in [5.74, 6) is -3.26. The molecule has 0 radical (unpaired) electrons. The van der Waals surface area contributed by atoms with Crippen molar-refractivity contribution < 1.29 is 49.1 Å². The normalized spacial score (nSPS) is 33.9. The second-order valence-corrected chi connectivity index (χ2v) is 13.2. The number of fused-ring (bicyclic) bond motifs is 5. The summed E-state index contributed by atoms with van der Waals surface area (Å²) in [5, 5.41) is 41.4. The van der Waals surface area contributed by atoms with Gasteiger partial charge in [0.1, 0.15) is 29.2 Å². The number of aliphatic hydroxyl groups is 1. The minimum absolute atomic E-state index is 0.00556. The molecule has 5 rings (SSSR count). The fourth-order valence-corrected chi connectivity index (χ4v) is 8.75. The third-order valence-corrected chi connectivity index (χ3v) is 10.6. The maximum Gasteiger partial charge on any atom is 0.326 e. The third kappa shape index (κ3) is 4.18. The van der Waals surface area contributed by atoms with Gasteiger partial charge < -0.3 is 34.8 Å². The smallest absolute Gasteiger partial charge is 0.326 e. The zero-order chi connectivity index (χ0) is 30.2. The highest BCUT2D eigenvalue weighted by atomic mass is 16.6. The summed E-state index contributed by atoms with van der Waals surface area (Å²) in [5.41, 5.74) is -0.874. The zero-order valence-corrected chi connectivity index (χ0v) is 24.1. The molecule has 2 saturated carbocycles. The number of ether oxygens (including phenoxy) is 2. The van der Waals surface area contributed by atoms with Crippen LogP contribution in [0.2, 0.25) is 0 Å². The predicted molar refractivity (Wildman–Crippen MR) is 143 cm³/mol. The molecule has 1 amide bonds. The summed E-state index contributed by atoms with van der Waals surface area (Å²) in [7, 11) is 0. The maximum absolute atomic E-state index is 13.4. The first-order chi connectivity index (χ1) is 19.0. The molecule has 7 atom stereocenters. The van der Waals surface area contributed by atoms with Crippen LogP contribution in [-0.2, 0) is 32.1 Å². The number of nitrogens with zero attached hydrogens (tertiary/aromatic N) is 1. The monoisotopic (exact) mass is 573 g/mol. The van der Waals surface area contributed by atoms with E-state index in [0.29, 0.717) is 29.7 Å². The van der Waals surface area contributed by atoms with Crippen molar-refractivity contribution >= 4 is 23.8 Å². The van der Waals surface area contributed by atoms with Crippen molar-refractivity contribution in [2.24, 2.45) is 22.7 Å². The molecule has 4 N–H and O–H groups in total. The lowest BCUT2D eigenvalue weighted by atomic mass is 9.43. The number of carboxylic acid groups (broad SMARTS) is 2. The second-order valence-electron chi connectivity index (χ2n) is 13.2. The predicted octanol–water partition coefficient (Wildman–Crippen LogP) is 3.11. The molecule has 0 saturated heterocycles. The van der Waals surface area contributed by atoms with Crippen molar-refractivity contribution in [1.29, 1.82) is 0 Å². The maximum atomic E-state index is 13.4. The highest BCUT2D eigenvalue weighted by Crippen LogP contribution is 2.67. The van der Waals surface area contributed by atoms with Gasteiger partial charge in [0.05, 0.1) is 18.2 Å². The number of aliphatic carboxylic acids is 2. The molecule has 0 bridgehead atoms. The van der Waals surface area contributed by atoms with Crippen molar-refractivity contribution in [3.63, 3.8) is 0 Å². The Morgan fingerprint density at radius 1 is 1.17 bits per heavy atom. The Morgan fingerprint density at radius 3 is 2.46 bits per heavy atom. The lowest BCUT2D eigenvalue weighted by Crippen LogP contribution is -2.69. The van der Waals surface area contributed by atoms with E-state index in [1.54, 1.807) is 0 Å². The summed E-state index contributed by atoms with van der Waals surface area (Å²) in [6, 6.07) is 0.0146. The minimum atomic E-state index is -1.35. The van der Waals surface area contributed by atoms with Crippen molar-refractivity contribution in [2.45, 2.75) is 104 Å². The number of carbonyl (C=O) groups excluding carboxylic acids is 2. The fourth-order valence-electron chi connectivity index (χ4n) is 8.75. The molecule has 2 heterocycles. The molecule has 41 heavy (non-hydrogen) atoms. The number of esters is 1. The molecule has 224 valence electrons. The zero-order valence-electron chi connectivity index (χ0n) is 24.1. The van der Waals surface area contributed by atoms with Gasteiger partial charge in [0.15, 0.2) is 0 Å². The number of carbonyl (C=O) groups is 4. The third-order valence-electron chi connectivity index (χ3n) is 10.6. The van der Waals surface area contributed by atoms with Crippen molar-refractivity contribution in [3.05, 3.63) is 22.8 Å². The van der Waals surface area contributed by atoms with Gasteiger partial charge in [-0.25, -0.2) is 4.79 Å². The van der Waals surface area contributed by atoms with Gasteiger partial charge in [0.25, 0.3) is 5.91 Å². The van der Waals surface area contributed by atoms with Crippen molar-refractivity contribution in [3.8, 4) is 11.5 Å². The number of hydrogen-bond acceptors (Lipinski definition) is 8. The highest BCUT2D eigenvalue weighted by Gasteiger charge is 2.69. The van der Waals surface area contributed by atoms with Gasteiger partial charge in [-0.2, -0.15) is 0 Å². The number of carboxylic acids is 2. The van der Waals surface area contributed by atoms with Gasteiger partial charge in [-0.15, -0.1) is 0 Å². The van der Waals surface area contributed by atoms with Crippen molar-refractivity contribution in [1.82, 2.24) is 4.90 Å². The average Bonchev–Trinajstić information content (AvgIpc) is 3.41. The Kier molecular flexibility index (Phi) is 6.83. The minimum Gasteiger partial charge on any atom is -0.508 e. The van der Waals surface area contributed by atoms with Crippen LogP contribution in [0.3, 0.4) is 0 Å². The summed E-state index contributed by atoms with van der Waals surface area (Å²) >= 11 is 0. The van der Waals surface area contributed by atoms with Crippen LogP contribution in [0.25, 0.3) is 0 Å². The summed E-state index contributed by atoms with van der Waals surface area (Å²) in [4.78, 5) is 49.6. The standard InChI is InChI=1S/C30H39NO10/c1-14-6-8-22-28(3,4)25(40-15(2)32)21(34)12-29(22,5)30(14)11-17-20(33)10-16-18(24(17)41-30)13-31(26(16)37)19(27(38)39)7-9-23(35)36/h10,14,19,21-22,25,33-34H,6-9,11-13H2,1-5H3,(H,35,36)(H,38,39)/t14-,19+,21+,22+,25-,29+,30-/m1/s1. The lowest BCUT2D eigenvalue weighted by Gasteiger charge is -2.65. The van der Waals surface area contributed by atoms with E-state index >= 15 is 0 Å². The SMILES string of the molecule is CC(=O)O[C@@H]1[C@@H](O)C[C@@]2(C)[C@@H](CC[C@@H](C)[C@]23Cc2c(O)cc4c(c2O3)CN([C@@H](CCC(=O)O)C(=O)O)C4=O)C1(C)C. The van der Waals surface area contributed by atoms with Gasteiger partial charge >= 0.3 is 17.9 Å². The lowest BCUT2D eigenvalue weighted by molar-refractivity contribution is -0.246. The summed E-state index contributed by atoms with van der Waals surface area (Å²) in [6.45, 7) is 9.45. The van der Waals surface area contributed by atoms with E-state index in [9.17, 15) is 34.5 Å². The van der Waals surface area contributed by atoms with Crippen LogP contribution in [0.4, 0.5) is 0 Å². The van der Waals surface area contributed by atoms with E-state index in [2.05, 4.69) is 13.8 Å². The quantitative estimate of drug-likeness (QED) is 0.371. The van der Waals surface area contributed by atoms with Crippen LogP contribution in [-0.4, -0.2) is 73.0 Å². The molecule has 0 unspecified atom stereocenters. The van der Waals surface area contributed by atoms with Crippen LogP contribution >= 0.6 is 0 Å². The Bertz CT molecular complexity index is 1320. The number of aromatic hydroxyl groups is 1. The molecule has 2 aliphatic heterocycles. The number of phenols is 1. The van der Waals surface area contributed by atoms with Crippen LogP contribution in [0.5, 0.6) is 11.5 Å². The van der Waals surface area contributed by atoms with Crippen LogP contribution in [0.15, 0.2) is 6.07 Å². The topological polar surface area (TPSA) is 171 Å². The van der Waals surface area contributed by atoms with Gasteiger partial charge in [0, 0.05) is 41.7 Å². The number of amides is 1. The molecule has 0 aromatic heterocycles. The molecule has 11 heteroatoms. The highest BCUT2D eigenvalue weighted by molar-refractivity contribution is 6.02. The van der Waals surface area contributed by atoms with Crippen LogP contribution in [0, 0.1) is 22.7 Å². The van der Waals surface area contributed by atoms with E-state index < -0.39 is 64.9 Å². The Balaban J connectivity index is 1.55. The average molecular weight is 574 g/mol. The Labute approximate surface area is 238 Å². The molecule has 2 fully saturated rings. The largest absolute Gasteiger partial charge is 0.508 e. The van der Waals surface area contributed by atoms with Crippen LogP contribution < -0.4 is 4.74 Å². The number of aliphatic hydroxyl groups excluding tert-OH is 1. The fraction of sp³-hybridized carbons (Fsp3) is 0.667. The van der Waals surface area contributed by atoms with E-state index in [1.165, 1.54) is 13.0 Å². The van der Waals surface area contributed by atoms with E-state index in [4.69, 9.17) is 14.6 Å². The Hall–Kier alpha value is -3.34. The Morgan fingerprint density at radius 2 is 1.85 bits per heavy atom. The number of benzene rings is 1. The van der Waals surface area contributed by atoms with Gasteiger partial charge in [0.2, 0.25) is 0 Å². The first-order valence-corrected chi connectivity index (χ1v) is 14.2. The molecule has 1 spiro atoms. The second kappa shape index (κ2) is 9.61. The van der Waals surface area contributed by atoms with E-state index in [-0.39, 0.29) is 36.1 Å². The summed E-state index contributed by atoms with van der Waals surface area (Å²) in [6.07, 6.45) is -0.0166. The molecule has 11 nitrogen and oxygen atoms in total. The van der Waals surface area contributed by atoms with E-state index in [1.807, 2.05) is 13.8 Å². The van der Waals surface area contributed by atoms with E-state index in [0.717, 1.165) is 17.7 Å². The van der Waals surface area contributed by atoms with Gasteiger partial charge in [-0.05, 0) is 43.6 Å². The molecular weight excluding hydrogens is 534 g/mol. The van der Waals surface area contributed by atoms with Gasteiger partial charge in [-0.1, -0.05) is 27.7 Å². The molecule has 1 aromatic rings. The first-order valence-electron chi connectivity index (χ1n) is 14.2. The first kappa shape index (κ1) is 29.2. The molecular formula is C30H39NO10. The molecule has 4 aliphatic rings. The van der Waals surface area contributed by atoms with Crippen LogP contribution in [0.1, 0.15) is 88.2 Å². The molecule has 1 aromatic carbocycles. The van der Waals surface area contributed by atoms with Crippen molar-refractivity contribution in [2.75, 3.05) is 0 Å².